The molecule has 0 heterocycles. The first-order chi connectivity index (χ1) is 9.96. The molecule has 0 aliphatic heterocycles. The van der Waals surface area contributed by atoms with Crippen LogP contribution in [0.3, 0.4) is 0 Å². The first-order valence-electron chi connectivity index (χ1n) is 8.80. The van der Waals surface area contributed by atoms with E-state index in [0.29, 0.717) is 18.9 Å². The second kappa shape index (κ2) is 7.33. The molecule has 1 N–H and O–H groups in total. The van der Waals surface area contributed by atoms with Gasteiger partial charge in [0.2, 0.25) is 0 Å². The lowest BCUT2D eigenvalue weighted by atomic mass is 9.58. The zero-order valence-corrected chi connectivity index (χ0v) is 15.6. The van der Waals surface area contributed by atoms with Crippen molar-refractivity contribution in [1.82, 2.24) is 0 Å². The van der Waals surface area contributed by atoms with Gasteiger partial charge >= 0.3 is 5.97 Å². The fraction of sp³-hybridized carbons (Fsp3) is 0.947. The molecule has 0 aromatic carbocycles. The van der Waals surface area contributed by atoms with Gasteiger partial charge in [0.05, 0.1) is 12.7 Å². The Morgan fingerprint density at radius 3 is 1.86 bits per heavy atom. The van der Waals surface area contributed by atoms with Crippen molar-refractivity contribution in [2.24, 2.45) is 28.6 Å². The van der Waals surface area contributed by atoms with Gasteiger partial charge in [-0.3, -0.25) is 4.79 Å². The molecule has 4 atom stereocenters. The van der Waals surface area contributed by atoms with Gasteiger partial charge in [-0.05, 0) is 54.8 Å². The van der Waals surface area contributed by atoms with Crippen LogP contribution >= 0.6 is 0 Å². The highest BCUT2D eigenvalue weighted by Gasteiger charge is 2.45. The molecule has 3 heteroatoms. The van der Waals surface area contributed by atoms with Crippen LogP contribution in [0.25, 0.3) is 0 Å². The van der Waals surface area contributed by atoms with Crippen LogP contribution in [0.2, 0.25) is 0 Å². The number of ether oxygens (including phenoxy) is 1. The van der Waals surface area contributed by atoms with Gasteiger partial charge in [-0.25, -0.2) is 0 Å². The largest absolute Gasteiger partial charge is 0.466 e. The molecule has 1 saturated carbocycles. The molecule has 2 unspecified atom stereocenters. The van der Waals surface area contributed by atoms with Crippen LogP contribution in [0.15, 0.2) is 0 Å². The van der Waals surface area contributed by atoms with Crippen molar-refractivity contribution < 1.29 is 14.6 Å². The Morgan fingerprint density at radius 1 is 1.05 bits per heavy atom. The summed E-state index contributed by atoms with van der Waals surface area (Å²) in [5.74, 6) is 0.991. The average molecular weight is 312 g/mol. The van der Waals surface area contributed by atoms with Crippen LogP contribution in [0.1, 0.15) is 74.1 Å². The van der Waals surface area contributed by atoms with E-state index in [2.05, 4.69) is 41.5 Å². The molecule has 130 valence electrons. The van der Waals surface area contributed by atoms with Gasteiger partial charge in [-0.1, -0.05) is 41.5 Å². The summed E-state index contributed by atoms with van der Waals surface area (Å²) in [5.41, 5.74) is 0.178. The normalized spacial score (nSPS) is 30.2. The molecular formula is C19H36O3. The van der Waals surface area contributed by atoms with E-state index in [-0.39, 0.29) is 34.7 Å². The Bertz CT molecular complexity index is 338. The van der Waals surface area contributed by atoms with E-state index in [1.54, 1.807) is 0 Å². The summed E-state index contributed by atoms with van der Waals surface area (Å²) in [6.07, 6.45) is 3.15. The summed E-state index contributed by atoms with van der Waals surface area (Å²) in [6, 6.07) is 0. The minimum Gasteiger partial charge on any atom is -0.466 e. The summed E-state index contributed by atoms with van der Waals surface area (Å²) < 4.78 is 5.05. The summed E-state index contributed by atoms with van der Waals surface area (Å²) in [4.78, 5) is 11.6. The van der Waals surface area contributed by atoms with Gasteiger partial charge in [0.25, 0.3) is 0 Å². The lowest BCUT2D eigenvalue weighted by Crippen LogP contribution is -2.47. The Hall–Kier alpha value is -0.570. The number of carbonyl (C=O) groups excluding carboxylic acids is 1. The van der Waals surface area contributed by atoms with Crippen molar-refractivity contribution in [3.63, 3.8) is 0 Å². The van der Waals surface area contributed by atoms with Crippen LogP contribution in [0.4, 0.5) is 0 Å². The number of aliphatic hydroxyl groups excluding tert-OH is 1. The Labute approximate surface area is 136 Å². The van der Waals surface area contributed by atoms with E-state index in [0.717, 1.165) is 19.3 Å². The van der Waals surface area contributed by atoms with Crippen molar-refractivity contribution in [2.75, 3.05) is 6.61 Å². The number of rotatable bonds is 4. The smallest absolute Gasteiger partial charge is 0.305 e. The quantitative estimate of drug-likeness (QED) is 0.781. The summed E-state index contributed by atoms with van der Waals surface area (Å²) in [7, 11) is 0. The topological polar surface area (TPSA) is 46.5 Å². The fourth-order valence-electron chi connectivity index (χ4n) is 3.90. The molecule has 0 spiro atoms. The van der Waals surface area contributed by atoms with Crippen LogP contribution in [0, 0.1) is 28.6 Å². The van der Waals surface area contributed by atoms with Gasteiger partial charge in [0.15, 0.2) is 0 Å². The molecular weight excluding hydrogens is 276 g/mol. The molecule has 0 saturated heterocycles. The summed E-state index contributed by atoms with van der Waals surface area (Å²) in [5, 5.41) is 10.9. The molecule has 0 bridgehead atoms. The van der Waals surface area contributed by atoms with Gasteiger partial charge in [0, 0.05) is 6.42 Å². The Balaban J connectivity index is 2.81. The zero-order chi connectivity index (χ0) is 17.1. The number of carbonyl (C=O) groups is 1. The van der Waals surface area contributed by atoms with E-state index in [1.165, 1.54) is 0 Å². The van der Waals surface area contributed by atoms with Crippen molar-refractivity contribution in [3.05, 3.63) is 0 Å². The van der Waals surface area contributed by atoms with Crippen molar-refractivity contribution in [1.29, 1.82) is 0 Å². The third kappa shape index (κ3) is 5.26. The Kier molecular flexibility index (Phi) is 6.49. The van der Waals surface area contributed by atoms with E-state index in [9.17, 15) is 9.90 Å². The van der Waals surface area contributed by atoms with Crippen LogP contribution in [-0.2, 0) is 9.53 Å². The zero-order valence-electron chi connectivity index (χ0n) is 15.6. The molecule has 0 aromatic heterocycles. The fourth-order valence-corrected chi connectivity index (χ4v) is 3.90. The van der Waals surface area contributed by atoms with Gasteiger partial charge < -0.3 is 9.84 Å². The molecule has 1 rings (SSSR count). The SMILES string of the molecule is CCOC(=O)CCC1CC(C(C)(C)C)[C@H](O)[C@H](C(C)(C)C)C1. The van der Waals surface area contributed by atoms with Crippen molar-refractivity contribution in [2.45, 2.75) is 80.3 Å². The van der Waals surface area contributed by atoms with Crippen LogP contribution < -0.4 is 0 Å². The van der Waals surface area contributed by atoms with Gasteiger partial charge in [-0.15, -0.1) is 0 Å². The van der Waals surface area contributed by atoms with E-state index in [4.69, 9.17) is 4.74 Å². The van der Waals surface area contributed by atoms with Gasteiger partial charge in [0.1, 0.15) is 0 Å². The highest BCUT2D eigenvalue weighted by atomic mass is 16.5. The maximum absolute atomic E-state index is 11.6. The molecule has 22 heavy (non-hydrogen) atoms. The summed E-state index contributed by atoms with van der Waals surface area (Å²) in [6.45, 7) is 15.6. The first-order valence-corrected chi connectivity index (χ1v) is 8.80. The third-order valence-corrected chi connectivity index (χ3v) is 5.29. The van der Waals surface area contributed by atoms with Crippen LogP contribution in [-0.4, -0.2) is 23.8 Å². The molecule has 1 aliphatic carbocycles. The van der Waals surface area contributed by atoms with Crippen LogP contribution in [0.5, 0.6) is 0 Å². The second-order valence-corrected chi connectivity index (χ2v) is 9.12. The molecule has 0 amide bonds. The predicted octanol–water partition coefficient (Wildman–Crippen LogP) is 4.43. The van der Waals surface area contributed by atoms with E-state index >= 15 is 0 Å². The monoisotopic (exact) mass is 312 g/mol. The number of aliphatic hydroxyl groups is 1. The lowest BCUT2D eigenvalue weighted by molar-refractivity contribution is -0.144. The van der Waals surface area contributed by atoms with Gasteiger partial charge in [-0.2, -0.15) is 0 Å². The lowest BCUT2D eigenvalue weighted by Gasteiger charge is -2.49. The number of esters is 1. The first kappa shape index (κ1) is 19.5. The highest BCUT2D eigenvalue weighted by molar-refractivity contribution is 5.69. The molecule has 1 aliphatic rings. The second-order valence-electron chi connectivity index (χ2n) is 9.12. The molecule has 0 aromatic rings. The van der Waals surface area contributed by atoms with E-state index < -0.39 is 0 Å². The van der Waals surface area contributed by atoms with Crippen molar-refractivity contribution >= 4 is 5.97 Å². The molecule has 0 radical (unpaired) electrons. The highest BCUT2D eigenvalue weighted by Crippen LogP contribution is 2.49. The molecule has 1 fully saturated rings. The number of hydrogen-bond donors (Lipinski definition) is 1. The van der Waals surface area contributed by atoms with E-state index in [1.807, 2.05) is 6.92 Å². The number of hydrogen-bond acceptors (Lipinski definition) is 3. The Morgan fingerprint density at radius 2 is 1.50 bits per heavy atom. The third-order valence-electron chi connectivity index (χ3n) is 5.29. The summed E-state index contributed by atoms with van der Waals surface area (Å²) >= 11 is 0. The average Bonchev–Trinajstić information content (AvgIpc) is 2.35. The maximum Gasteiger partial charge on any atom is 0.305 e. The van der Waals surface area contributed by atoms with Crippen molar-refractivity contribution in [3.8, 4) is 0 Å². The maximum atomic E-state index is 11.6. The predicted molar refractivity (Wildman–Crippen MR) is 90.5 cm³/mol. The minimum absolute atomic E-state index is 0.0888. The molecule has 3 nitrogen and oxygen atoms in total. The standard InChI is InChI=1S/C19H36O3/c1-8-22-16(20)10-9-13-11-14(18(2,3)4)17(21)15(12-13)19(5,6)7/h13-15,17,21H,8-12H2,1-7H3/t13?,14-,15?,17-/m1/s1. The minimum atomic E-state index is -0.251.